The number of rotatable bonds is 3. The summed E-state index contributed by atoms with van der Waals surface area (Å²) in [5.74, 6) is 2.39. The van der Waals surface area contributed by atoms with Crippen molar-refractivity contribution >= 4 is 23.5 Å². The standard InChI is InChI=1S/C13H18OS2/c1-10-13(16-8-7-15-10)12(14)9-11-5-3-2-4-6-11/h2-6,10,12-14H,7-9H2,1H3. The molecule has 0 saturated carbocycles. The van der Waals surface area contributed by atoms with E-state index in [-0.39, 0.29) is 6.10 Å². The Balaban J connectivity index is 1.94. The van der Waals surface area contributed by atoms with E-state index < -0.39 is 0 Å². The molecule has 1 aliphatic heterocycles. The molecule has 0 amide bonds. The molecule has 88 valence electrons. The Bertz CT molecular complexity index is 315. The first-order valence-corrected chi connectivity index (χ1v) is 7.82. The molecule has 1 N–H and O–H groups in total. The molecule has 1 nitrogen and oxygen atoms in total. The van der Waals surface area contributed by atoms with E-state index in [0.29, 0.717) is 10.5 Å². The van der Waals surface area contributed by atoms with Crippen LogP contribution in [-0.4, -0.2) is 33.2 Å². The van der Waals surface area contributed by atoms with Crippen LogP contribution in [-0.2, 0) is 6.42 Å². The largest absolute Gasteiger partial charge is 0.392 e. The predicted molar refractivity (Wildman–Crippen MR) is 74.3 cm³/mol. The van der Waals surface area contributed by atoms with Gasteiger partial charge in [0.25, 0.3) is 0 Å². The molecule has 2 rings (SSSR count). The average Bonchev–Trinajstić information content (AvgIpc) is 2.31. The monoisotopic (exact) mass is 254 g/mol. The van der Waals surface area contributed by atoms with Crippen molar-refractivity contribution in [1.29, 1.82) is 0 Å². The molecule has 1 aromatic carbocycles. The average molecular weight is 254 g/mol. The summed E-state index contributed by atoms with van der Waals surface area (Å²) in [6, 6.07) is 10.3. The fourth-order valence-electron chi connectivity index (χ4n) is 2.04. The zero-order chi connectivity index (χ0) is 11.4. The lowest BCUT2D eigenvalue weighted by Gasteiger charge is -2.31. The van der Waals surface area contributed by atoms with Gasteiger partial charge in [-0.05, 0) is 12.0 Å². The van der Waals surface area contributed by atoms with Gasteiger partial charge < -0.3 is 5.11 Å². The maximum atomic E-state index is 10.3. The molecule has 3 atom stereocenters. The van der Waals surface area contributed by atoms with Crippen LogP contribution >= 0.6 is 23.5 Å². The van der Waals surface area contributed by atoms with Gasteiger partial charge in [0.1, 0.15) is 0 Å². The van der Waals surface area contributed by atoms with Crippen LogP contribution in [0.1, 0.15) is 12.5 Å². The van der Waals surface area contributed by atoms with E-state index in [1.807, 2.05) is 41.7 Å². The molecule has 1 heterocycles. The van der Waals surface area contributed by atoms with Crippen molar-refractivity contribution in [2.24, 2.45) is 0 Å². The Kier molecular flexibility index (Phi) is 4.62. The lowest BCUT2D eigenvalue weighted by Crippen LogP contribution is -2.36. The summed E-state index contributed by atoms with van der Waals surface area (Å²) in [5.41, 5.74) is 1.23. The van der Waals surface area contributed by atoms with Gasteiger partial charge in [-0.1, -0.05) is 37.3 Å². The second-order valence-corrected chi connectivity index (χ2v) is 6.94. The van der Waals surface area contributed by atoms with Crippen molar-refractivity contribution in [2.45, 2.75) is 29.9 Å². The third-order valence-corrected chi connectivity index (χ3v) is 6.14. The first-order chi connectivity index (χ1) is 7.77. The second-order valence-electron chi connectivity index (χ2n) is 4.17. The van der Waals surface area contributed by atoms with Crippen LogP contribution in [0.5, 0.6) is 0 Å². The number of aliphatic hydroxyl groups is 1. The van der Waals surface area contributed by atoms with Crippen LogP contribution < -0.4 is 0 Å². The topological polar surface area (TPSA) is 20.2 Å². The smallest absolute Gasteiger partial charge is 0.0709 e. The normalized spacial score (nSPS) is 27.6. The molecule has 3 heteroatoms. The predicted octanol–water partition coefficient (Wildman–Crippen LogP) is 2.83. The first-order valence-electron chi connectivity index (χ1n) is 5.72. The van der Waals surface area contributed by atoms with Gasteiger partial charge in [0.2, 0.25) is 0 Å². The summed E-state index contributed by atoms with van der Waals surface area (Å²) < 4.78 is 0. The molecule has 1 aliphatic rings. The van der Waals surface area contributed by atoms with Gasteiger partial charge in [-0.3, -0.25) is 0 Å². The molecule has 0 aromatic heterocycles. The lowest BCUT2D eigenvalue weighted by molar-refractivity contribution is 0.171. The van der Waals surface area contributed by atoms with Crippen molar-refractivity contribution in [3.8, 4) is 0 Å². The lowest BCUT2D eigenvalue weighted by atomic mass is 10.0. The fraction of sp³-hybridized carbons (Fsp3) is 0.538. The molecule has 3 unspecified atom stereocenters. The van der Waals surface area contributed by atoms with Gasteiger partial charge in [0.15, 0.2) is 0 Å². The second kappa shape index (κ2) is 5.99. The molecule has 1 fully saturated rings. The third-order valence-electron chi connectivity index (χ3n) is 2.90. The summed E-state index contributed by atoms with van der Waals surface area (Å²) in [5, 5.41) is 11.2. The summed E-state index contributed by atoms with van der Waals surface area (Å²) in [7, 11) is 0. The van der Waals surface area contributed by atoms with Gasteiger partial charge in [0.05, 0.1) is 6.10 Å². The maximum Gasteiger partial charge on any atom is 0.0709 e. The molecule has 16 heavy (non-hydrogen) atoms. The molecular weight excluding hydrogens is 236 g/mol. The molecule has 0 aliphatic carbocycles. The van der Waals surface area contributed by atoms with E-state index in [4.69, 9.17) is 0 Å². The molecular formula is C13H18OS2. The highest BCUT2D eigenvalue weighted by atomic mass is 32.2. The fourth-order valence-corrected chi connectivity index (χ4v) is 4.89. The zero-order valence-corrected chi connectivity index (χ0v) is 11.1. The Morgan fingerprint density at radius 2 is 1.94 bits per heavy atom. The van der Waals surface area contributed by atoms with Crippen molar-refractivity contribution in [3.63, 3.8) is 0 Å². The summed E-state index contributed by atoms with van der Waals surface area (Å²) in [6.07, 6.45) is 0.568. The quantitative estimate of drug-likeness (QED) is 0.896. The van der Waals surface area contributed by atoms with E-state index in [9.17, 15) is 5.11 Å². The van der Waals surface area contributed by atoms with Crippen LogP contribution in [0.3, 0.4) is 0 Å². The zero-order valence-electron chi connectivity index (χ0n) is 9.50. The van der Waals surface area contributed by atoms with E-state index in [2.05, 4.69) is 19.1 Å². The maximum absolute atomic E-state index is 10.3. The van der Waals surface area contributed by atoms with Crippen molar-refractivity contribution in [1.82, 2.24) is 0 Å². The van der Waals surface area contributed by atoms with Gasteiger partial charge >= 0.3 is 0 Å². The van der Waals surface area contributed by atoms with Crippen LogP contribution in [0, 0.1) is 0 Å². The molecule has 0 radical (unpaired) electrons. The van der Waals surface area contributed by atoms with Gasteiger partial charge in [-0.25, -0.2) is 0 Å². The van der Waals surface area contributed by atoms with E-state index in [0.717, 1.165) is 6.42 Å². The van der Waals surface area contributed by atoms with E-state index >= 15 is 0 Å². The molecule has 0 bridgehead atoms. The van der Waals surface area contributed by atoms with Crippen LogP contribution in [0.25, 0.3) is 0 Å². The number of thioether (sulfide) groups is 2. The van der Waals surface area contributed by atoms with Gasteiger partial charge in [-0.15, -0.1) is 0 Å². The summed E-state index contributed by atoms with van der Waals surface area (Å²) in [6.45, 7) is 2.23. The van der Waals surface area contributed by atoms with E-state index in [1.165, 1.54) is 17.1 Å². The first kappa shape index (κ1) is 12.3. The van der Waals surface area contributed by atoms with Crippen molar-refractivity contribution < 1.29 is 5.11 Å². The minimum absolute atomic E-state index is 0.213. The van der Waals surface area contributed by atoms with Crippen LogP contribution in [0.15, 0.2) is 30.3 Å². The highest BCUT2D eigenvalue weighted by Crippen LogP contribution is 2.33. The number of aliphatic hydroxyl groups excluding tert-OH is 1. The molecule has 1 aromatic rings. The summed E-state index contributed by atoms with van der Waals surface area (Å²) in [4.78, 5) is 0. The minimum Gasteiger partial charge on any atom is -0.392 e. The Hall–Kier alpha value is -0.120. The van der Waals surface area contributed by atoms with E-state index in [1.54, 1.807) is 0 Å². The highest BCUT2D eigenvalue weighted by molar-refractivity contribution is 8.07. The van der Waals surface area contributed by atoms with Crippen LogP contribution in [0.4, 0.5) is 0 Å². The number of hydrogen-bond acceptors (Lipinski definition) is 3. The summed E-state index contributed by atoms with van der Waals surface area (Å²) >= 11 is 3.91. The Morgan fingerprint density at radius 3 is 2.62 bits per heavy atom. The Morgan fingerprint density at radius 1 is 1.25 bits per heavy atom. The molecule has 1 saturated heterocycles. The molecule has 0 spiro atoms. The van der Waals surface area contributed by atoms with Gasteiger partial charge in [-0.2, -0.15) is 23.5 Å². The van der Waals surface area contributed by atoms with Crippen LogP contribution in [0.2, 0.25) is 0 Å². The van der Waals surface area contributed by atoms with Crippen molar-refractivity contribution in [3.05, 3.63) is 35.9 Å². The minimum atomic E-state index is -0.213. The Labute approximate surface area is 106 Å². The van der Waals surface area contributed by atoms with Crippen molar-refractivity contribution in [2.75, 3.05) is 11.5 Å². The number of hydrogen-bond donors (Lipinski definition) is 1. The van der Waals surface area contributed by atoms with Gasteiger partial charge in [0, 0.05) is 22.0 Å². The third kappa shape index (κ3) is 3.19. The highest BCUT2D eigenvalue weighted by Gasteiger charge is 2.28. The SMILES string of the molecule is CC1SCCSC1C(O)Cc1ccccc1. The number of benzene rings is 1.